The van der Waals surface area contributed by atoms with Crippen molar-refractivity contribution in [3.05, 3.63) is 23.8 Å². The van der Waals surface area contributed by atoms with E-state index in [-0.39, 0.29) is 11.8 Å². The quantitative estimate of drug-likeness (QED) is 0.651. The molecule has 0 bridgehead atoms. The zero-order valence-electron chi connectivity index (χ0n) is 17.9. The number of fused-ring (bicyclic) bond motifs is 1. The monoisotopic (exact) mass is 430 g/mol. The summed E-state index contributed by atoms with van der Waals surface area (Å²) in [6.07, 6.45) is -4.83. The lowest BCUT2D eigenvalue weighted by Gasteiger charge is -2.23. The van der Waals surface area contributed by atoms with Crippen LogP contribution in [-0.4, -0.2) is 37.2 Å². The third-order valence-electron chi connectivity index (χ3n) is 4.13. The Morgan fingerprint density at radius 3 is 2.34 bits per heavy atom. The maximum atomic E-state index is 12.6. The van der Waals surface area contributed by atoms with Crippen LogP contribution in [0.3, 0.4) is 0 Å². The number of rotatable bonds is 5. The summed E-state index contributed by atoms with van der Waals surface area (Å²) in [6, 6.07) is 4.02. The van der Waals surface area contributed by atoms with Gasteiger partial charge in [0.05, 0.1) is 8.07 Å². The SMILES string of the molecule is C[C@H](Cc1c([Si](C)(C)C)[nH]c2ccc(OC(F)(F)F)cc12)NC(=O)OC(C)(C)C. The molecule has 0 aliphatic rings. The molecular weight excluding hydrogens is 401 g/mol. The van der Waals surface area contributed by atoms with Crippen molar-refractivity contribution in [3.8, 4) is 5.75 Å². The predicted octanol–water partition coefficient (Wildman–Crippen LogP) is 5.07. The fourth-order valence-electron chi connectivity index (χ4n) is 3.14. The summed E-state index contributed by atoms with van der Waals surface area (Å²) in [4.78, 5) is 15.4. The van der Waals surface area contributed by atoms with Crippen molar-refractivity contribution in [2.24, 2.45) is 0 Å². The molecule has 0 radical (unpaired) electrons. The molecule has 0 saturated carbocycles. The highest BCUT2D eigenvalue weighted by atomic mass is 28.3. The number of H-pyrrole nitrogens is 1. The van der Waals surface area contributed by atoms with Gasteiger partial charge in [-0.3, -0.25) is 0 Å². The van der Waals surface area contributed by atoms with Crippen LogP contribution in [0.4, 0.5) is 18.0 Å². The van der Waals surface area contributed by atoms with E-state index in [9.17, 15) is 18.0 Å². The Balaban J connectivity index is 2.37. The molecule has 0 saturated heterocycles. The second-order valence-electron chi connectivity index (χ2n) is 9.24. The molecular formula is C20H29F3N2O3Si. The van der Waals surface area contributed by atoms with Gasteiger partial charge in [0.1, 0.15) is 11.4 Å². The van der Waals surface area contributed by atoms with Gasteiger partial charge in [-0.25, -0.2) is 4.79 Å². The van der Waals surface area contributed by atoms with Gasteiger partial charge in [0.25, 0.3) is 0 Å². The number of halogens is 3. The van der Waals surface area contributed by atoms with Crippen LogP contribution in [0.1, 0.15) is 33.3 Å². The normalized spacial score (nSPS) is 14.0. The molecule has 29 heavy (non-hydrogen) atoms. The average Bonchev–Trinajstić information content (AvgIpc) is 2.81. The fourth-order valence-corrected chi connectivity index (χ4v) is 4.79. The minimum absolute atomic E-state index is 0.264. The Morgan fingerprint density at radius 2 is 1.83 bits per heavy atom. The number of carbonyl (C=O) groups excluding carboxylic acids is 1. The van der Waals surface area contributed by atoms with E-state index in [1.165, 1.54) is 12.1 Å². The van der Waals surface area contributed by atoms with E-state index in [0.717, 1.165) is 16.4 Å². The van der Waals surface area contributed by atoms with Crippen LogP contribution in [0, 0.1) is 0 Å². The molecule has 2 rings (SSSR count). The van der Waals surface area contributed by atoms with E-state index < -0.39 is 26.1 Å². The Morgan fingerprint density at radius 1 is 1.21 bits per heavy atom. The van der Waals surface area contributed by atoms with Gasteiger partial charge in [0.2, 0.25) is 0 Å². The van der Waals surface area contributed by atoms with Gasteiger partial charge in [0.15, 0.2) is 0 Å². The number of benzene rings is 1. The van der Waals surface area contributed by atoms with E-state index in [2.05, 4.69) is 34.7 Å². The van der Waals surface area contributed by atoms with Gasteiger partial charge in [-0.05, 0) is 57.9 Å². The van der Waals surface area contributed by atoms with Crippen molar-refractivity contribution in [3.63, 3.8) is 0 Å². The first-order valence-electron chi connectivity index (χ1n) is 9.45. The summed E-state index contributed by atoms with van der Waals surface area (Å²) in [7, 11) is -1.83. The molecule has 1 aromatic carbocycles. The highest BCUT2D eigenvalue weighted by Crippen LogP contribution is 2.29. The van der Waals surface area contributed by atoms with Gasteiger partial charge < -0.3 is 19.8 Å². The highest BCUT2D eigenvalue weighted by Gasteiger charge is 2.32. The van der Waals surface area contributed by atoms with Crippen LogP contribution in [0.25, 0.3) is 10.9 Å². The van der Waals surface area contributed by atoms with Gasteiger partial charge in [0, 0.05) is 22.3 Å². The van der Waals surface area contributed by atoms with Gasteiger partial charge in [-0.1, -0.05) is 19.6 Å². The number of amides is 1. The summed E-state index contributed by atoms with van der Waals surface area (Å²) in [6.45, 7) is 13.6. The number of carbonyl (C=O) groups is 1. The van der Waals surface area contributed by atoms with Crippen LogP contribution < -0.4 is 15.4 Å². The van der Waals surface area contributed by atoms with Crippen molar-refractivity contribution >= 4 is 30.4 Å². The molecule has 2 aromatic rings. The van der Waals surface area contributed by atoms with E-state index >= 15 is 0 Å². The first-order valence-corrected chi connectivity index (χ1v) is 13.0. The summed E-state index contributed by atoms with van der Waals surface area (Å²) in [5.74, 6) is -0.264. The molecule has 162 valence electrons. The Hall–Kier alpha value is -2.16. The first-order chi connectivity index (χ1) is 13.0. The molecule has 1 aromatic heterocycles. The number of alkyl halides is 3. The van der Waals surface area contributed by atoms with E-state index in [1.54, 1.807) is 26.8 Å². The molecule has 0 unspecified atom stereocenters. The molecule has 2 N–H and O–H groups in total. The largest absolute Gasteiger partial charge is 0.573 e. The lowest BCUT2D eigenvalue weighted by atomic mass is 10.1. The van der Waals surface area contributed by atoms with Crippen LogP contribution in [0.5, 0.6) is 5.75 Å². The number of ether oxygens (including phenoxy) is 2. The number of aromatic amines is 1. The molecule has 1 amide bonds. The third kappa shape index (κ3) is 6.69. The van der Waals surface area contributed by atoms with Crippen LogP contribution in [-0.2, 0) is 11.2 Å². The zero-order chi connectivity index (χ0) is 22.2. The minimum atomic E-state index is -4.75. The summed E-state index contributed by atoms with van der Waals surface area (Å²) >= 11 is 0. The minimum Gasteiger partial charge on any atom is -0.444 e. The second-order valence-corrected chi connectivity index (χ2v) is 14.2. The van der Waals surface area contributed by atoms with Gasteiger partial charge in [-0.15, -0.1) is 13.2 Å². The van der Waals surface area contributed by atoms with Crippen LogP contribution >= 0.6 is 0 Å². The number of hydrogen-bond acceptors (Lipinski definition) is 3. The standard InChI is InChI=1S/C20H29F3N2O3Si/c1-12(24-18(26)28-19(2,3)4)10-15-14-11-13(27-20(21,22)23)8-9-16(14)25-17(15)29(5,6)7/h8-9,11-12,25H,10H2,1-7H3,(H,24,26)/t12-/m1/s1. The molecule has 0 aliphatic heterocycles. The molecule has 0 spiro atoms. The van der Waals surface area contributed by atoms with E-state index in [4.69, 9.17) is 4.74 Å². The number of nitrogens with one attached hydrogen (secondary N) is 2. The highest BCUT2D eigenvalue weighted by molar-refractivity contribution is 6.88. The number of aromatic nitrogens is 1. The van der Waals surface area contributed by atoms with E-state index in [1.807, 2.05) is 6.92 Å². The topological polar surface area (TPSA) is 63.3 Å². The van der Waals surface area contributed by atoms with Gasteiger partial charge >= 0.3 is 12.5 Å². The van der Waals surface area contributed by atoms with Crippen molar-refractivity contribution in [1.29, 1.82) is 0 Å². The smallest absolute Gasteiger partial charge is 0.444 e. The maximum Gasteiger partial charge on any atom is 0.573 e. The lowest BCUT2D eigenvalue weighted by molar-refractivity contribution is -0.274. The number of alkyl carbamates (subject to hydrolysis) is 1. The van der Waals surface area contributed by atoms with E-state index in [0.29, 0.717) is 11.8 Å². The Labute approximate surface area is 170 Å². The first kappa shape index (κ1) is 23.1. The van der Waals surface area contributed by atoms with Crippen molar-refractivity contribution in [1.82, 2.24) is 10.3 Å². The molecule has 0 aliphatic carbocycles. The van der Waals surface area contributed by atoms with Crippen LogP contribution in [0.15, 0.2) is 18.2 Å². The molecule has 1 atom stereocenters. The van der Waals surface area contributed by atoms with Crippen LogP contribution in [0.2, 0.25) is 19.6 Å². The lowest BCUT2D eigenvalue weighted by Crippen LogP contribution is -2.43. The summed E-state index contributed by atoms with van der Waals surface area (Å²) in [5.41, 5.74) is 1.03. The Bertz CT molecular complexity index is 880. The third-order valence-corrected chi connectivity index (χ3v) is 6.06. The maximum absolute atomic E-state index is 12.6. The average molecular weight is 431 g/mol. The Kier molecular flexibility index (Phi) is 6.32. The molecule has 9 heteroatoms. The predicted molar refractivity (Wildman–Crippen MR) is 110 cm³/mol. The molecule has 5 nitrogen and oxygen atoms in total. The summed E-state index contributed by atoms with van der Waals surface area (Å²) < 4.78 is 47.3. The number of hydrogen-bond donors (Lipinski definition) is 2. The second kappa shape index (κ2) is 7.93. The molecule has 0 fully saturated rings. The van der Waals surface area contributed by atoms with Gasteiger partial charge in [-0.2, -0.15) is 0 Å². The summed E-state index contributed by atoms with van der Waals surface area (Å²) in [5, 5.41) is 4.51. The van der Waals surface area contributed by atoms with Crippen molar-refractivity contribution in [2.45, 2.75) is 71.8 Å². The van der Waals surface area contributed by atoms with Crippen molar-refractivity contribution in [2.75, 3.05) is 0 Å². The zero-order valence-corrected chi connectivity index (χ0v) is 18.9. The van der Waals surface area contributed by atoms with Crippen molar-refractivity contribution < 1.29 is 27.4 Å². The molecule has 1 heterocycles. The fraction of sp³-hybridized carbons (Fsp3) is 0.550.